The molecule has 1 atom stereocenters. The molecule has 0 spiro atoms. The van der Waals surface area contributed by atoms with Crippen LogP contribution in [0.25, 0.3) is 0 Å². The van der Waals surface area contributed by atoms with E-state index in [4.69, 9.17) is 9.56 Å². The summed E-state index contributed by atoms with van der Waals surface area (Å²) in [5.41, 5.74) is 0.655. The van der Waals surface area contributed by atoms with Crippen molar-refractivity contribution in [2.75, 3.05) is 0 Å². The smallest absolute Gasteiger partial charge is 0.325 e. The predicted molar refractivity (Wildman–Crippen MR) is 95.9 cm³/mol. The van der Waals surface area contributed by atoms with Gasteiger partial charge in [0.2, 0.25) is 15.9 Å². The van der Waals surface area contributed by atoms with Gasteiger partial charge in [-0.1, -0.05) is 12.1 Å². The number of hydrogen-bond donors (Lipinski definition) is 3. The van der Waals surface area contributed by atoms with E-state index in [9.17, 15) is 22.8 Å². The van der Waals surface area contributed by atoms with Crippen molar-refractivity contribution < 1.29 is 27.2 Å². The third-order valence-corrected chi connectivity index (χ3v) is 5.06. The van der Waals surface area contributed by atoms with Crippen molar-refractivity contribution in [2.24, 2.45) is 5.14 Å². The molecule has 0 saturated carbocycles. The second-order valence-corrected chi connectivity index (χ2v) is 7.74. The number of hydrogen-bond acceptors (Lipinski definition) is 6. The number of urea groups is 1. The Morgan fingerprint density at radius 3 is 2.54 bits per heavy atom. The lowest BCUT2D eigenvalue weighted by Crippen LogP contribution is -2.36. The summed E-state index contributed by atoms with van der Waals surface area (Å²) in [7, 11) is -3.78. The van der Waals surface area contributed by atoms with Crippen LogP contribution in [0.5, 0.6) is 0 Å². The molecule has 0 radical (unpaired) electrons. The number of nitrogens with zero attached hydrogens (tertiary/aromatic N) is 1. The highest BCUT2D eigenvalue weighted by atomic mass is 32.2. The lowest BCUT2D eigenvalue weighted by molar-refractivity contribution is -0.131. The zero-order valence-corrected chi connectivity index (χ0v) is 15.4. The van der Waals surface area contributed by atoms with E-state index >= 15 is 0 Å². The monoisotopic (exact) mass is 406 g/mol. The highest BCUT2D eigenvalue weighted by molar-refractivity contribution is 7.89. The molecule has 0 bridgehead atoms. The van der Waals surface area contributed by atoms with Crippen molar-refractivity contribution in [1.82, 2.24) is 15.5 Å². The largest absolute Gasteiger partial charge is 0.467 e. The molecule has 11 heteroatoms. The first-order chi connectivity index (χ1) is 13.2. The van der Waals surface area contributed by atoms with Crippen molar-refractivity contribution >= 4 is 27.9 Å². The number of carbonyl (C=O) groups is 3. The summed E-state index contributed by atoms with van der Waals surface area (Å²) >= 11 is 0. The third-order valence-electron chi connectivity index (χ3n) is 4.13. The molecule has 3 rings (SSSR count). The summed E-state index contributed by atoms with van der Waals surface area (Å²) in [6, 6.07) is 7.47. The second-order valence-electron chi connectivity index (χ2n) is 6.18. The molecule has 4 N–H and O–H groups in total. The molecule has 2 heterocycles. The molecule has 1 unspecified atom stereocenters. The Morgan fingerprint density at radius 1 is 1.21 bits per heavy atom. The minimum absolute atomic E-state index is 0.00775. The SMILES string of the molecule is NS(=O)(=O)c1ccc(CNC(=O)CC2NC(=O)N(Cc3ccco3)C2=O)cc1. The molecule has 1 aliphatic heterocycles. The lowest BCUT2D eigenvalue weighted by atomic mass is 10.2. The van der Waals surface area contributed by atoms with Gasteiger partial charge in [0, 0.05) is 6.54 Å². The van der Waals surface area contributed by atoms with Crippen molar-refractivity contribution in [3.05, 3.63) is 54.0 Å². The number of benzene rings is 1. The number of primary sulfonamides is 1. The molecule has 0 aliphatic carbocycles. The molecular formula is C17H18N4O6S. The maximum absolute atomic E-state index is 12.3. The minimum atomic E-state index is -3.78. The molecule has 10 nitrogen and oxygen atoms in total. The minimum Gasteiger partial charge on any atom is -0.467 e. The molecule has 28 heavy (non-hydrogen) atoms. The summed E-state index contributed by atoms with van der Waals surface area (Å²) < 4.78 is 27.6. The van der Waals surface area contributed by atoms with Crippen molar-refractivity contribution in [3.63, 3.8) is 0 Å². The zero-order chi connectivity index (χ0) is 20.3. The van der Waals surface area contributed by atoms with Crippen LogP contribution in [-0.4, -0.2) is 37.2 Å². The molecule has 1 fully saturated rings. The van der Waals surface area contributed by atoms with Gasteiger partial charge in [-0.25, -0.2) is 18.4 Å². The number of rotatable bonds is 7. The first-order valence-electron chi connectivity index (χ1n) is 8.27. The molecule has 1 aromatic carbocycles. The maximum atomic E-state index is 12.3. The van der Waals surface area contributed by atoms with Crippen LogP contribution in [-0.2, 0) is 32.7 Å². The van der Waals surface area contributed by atoms with Crippen LogP contribution in [0.3, 0.4) is 0 Å². The number of imide groups is 1. The Morgan fingerprint density at radius 2 is 1.93 bits per heavy atom. The van der Waals surface area contributed by atoms with E-state index in [0.29, 0.717) is 11.3 Å². The second kappa shape index (κ2) is 7.82. The number of nitrogens with one attached hydrogen (secondary N) is 2. The fraction of sp³-hybridized carbons (Fsp3) is 0.235. The average molecular weight is 406 g/mol. The first-order valence-corrected chi connectivity index (χ1v) is 9.81. The third kappa shape index (κ3) is 4.56. The van der Waals surface area contributed by atoms with E-state index in [1.807, 2.05) is 0 Å². The van der Waals surface area contributed by atoms with E-state index in [-0.39, 0.29) is 24.4 Å². The number of sulfonamides is 1. The molecule has 1 aromatic heterocycles. The Labute approximate surface area is 160 Å². The molecule has 1 saturated heterocycles. The lowest BCUT2D eigenvalue weighted by Gasteiger charge is -2.11. The van der Waals surface area contributed by atoms with Crippen LogP contribution < -0.4 is 15.8 Å². The summed E-state index contributed by atoms with van der Waals surface area (Å²) in [4.78, 5) is 37.4. The predicted octanol–water partition coefficient (Wildman–Crippen LogP) is 0.0539. The Balaban J connectivity index is 1.52. The fourth-order valence-corrected chi connectivity index (χ4v) is 3.19. The van der Waals surface area contributed by atoms with Crippen LogP contribution in [0.1, 0.15) is 17.7 Å². The van der Waals surface area contributed by atoms with Gasteiger partial charge in [0.1, 0.15) is 11.8 Å². The van der Waals surface area contributed by atoms with Crippen LogP contribution in [0, 0.1) is 0 Å². The number of furan rings is 1. The Hall–Kier alpha value is -3.18. The first kappa shape index (κ1) is 19.6. The van der Waals surface area contributed by atoms with E-state index < -0.39 is 33.9 Å². The van der Waals surface area contributed by atoms with Gasteiger partial charge in [0.15, 0.2) is 0 Å². The molecule has 1 aliphatic rings. The van der Waals surface area contributed by atoms with Gasteiger partial charge in [0.25, 0.3) is 5.91 Å². The van der Waals surface area contributed by atoms with Crippen molar-refractivity contribution in [1.29, 1.82) is 0 Å². The standard InChI is InChI=1S/C17H18N4O6S/c18-28(25,26)13-5-3-11(4-6-13)9-19-15(22)8-14-16(23)21(17(24)20-14)10-12-2-1-7-27-12/h1-7,14H,8-10H2,(H,19,22)(H,20,24)(H2,18,25,26). The van der Waals surface area contributed by atoms with Gasteiger partial charge >= 0.3 is 6.03 Å². The molecule has 2 aromatic rings. The molecule has 4 amide bonds. The van der Waals surface area contributed by atoms with Crippen molar-refractivity contribution in [3.8, 4) is 0 Å². The van der Waals surface area contributed by atoms with Crippen LogP contribution in [0.2, 0.25) is 0 Å². The van der Waals surface area contributed by atoms with Gasteiger partial charge < -0.3 is 15.1 Å². The van der Waals surface area contributed by atoms with Crippen molar-refractivity contribution in [2.45, 2.75) is 30.4 Å². The normalized spacial score (nSPS) is 16.9. The Kier molecular flexibility index (Phi) is 5.47. The summed E-state index contributed by atoms with van der Waals surface area (Å²) in [5.74, 6) is -0.486. The summed E-state index contributed by atoms with van der Waals surface area (Å²) in [5, 5.41) is 10.1. The fourth-order valence-electron chi connectivity index (χ4n) is 2.68. The number of carbonyl (C=O) groups excluding carboxylic acids is 3. The van der Waals surface area contributed by atoms with Crippen LogP contribution in [0.15, 0.2) is 52.0 Å². The van der Waals surface area contributed by atoms with Gasteiger partial charge in [-0.3, -0.25) is 14.5 Å². The van der Waals surface area contributed by atoms with E-state index in [1.54, 1.807) is 12.1 Å². The average Bonchev–Trinajstić information content (AvgIpc) is 3.24. The van der Waals surface area contributed by atoms with Gasteiger partial charge in [-0.15, -0.1) is 0 Å². The van der Waals surface area contributed by atoms with Gasteiger partial charge in [0.05, 0.1) is 24.1 Å². The molecule has 148 valence electrons. The number of nitrogens with two attached hydrogens (primary N) is 1. The Bertz CT molecular complexity index is 985. The van der Waals surface area contributed by atoms with E-state index in [2.05, 4.69) is 10.6 Å². The highest BCUT2D eigenvalue weighted by Gasteiger charge is 2.39. The summed E-state index contributed by atoms with van der Waals surface area (Å²) in [6.45, 7) is 0.126. The van der Waals surface area contributed by atoms with E-state index in [1.165, 1.54) is 30.5 Å². The van der Waals surface area contributed by atoms with E-state index in [0.717, 1.165) is 4.90 Å². The summed E-state index contributed by atoms with van der Waals surface area (Å²) in [6.07, 6.45) is 1.22. The topological polar surface area (TPSA) is 152 Å². The van der Waals surface area contributed by atoms with Gasteiger partial charge in [-0.05, 0) is 29.8 Å². The maximum Gasteiger partial charge on any atom is 0.325 e. The molecular weight excluding hydrogens is 388 g/mol. The van der Waals surface area contributed by atoms with Crippen LogP contribution >= 0.6 is 0 Å². The van der Waals surface area contributed by atoms with Gasteiger partial charge in [-0.2, -0.15) is 0 Å². The number of amides is 4. The highest BCUT2D eigenvalue weighted by Crippen LogP contribution is 2.14. The quantitative estimate of drug-likeness (QED) is 0.553. The van der Waals surface area contributed by atoms with Crippen LogP contribution in [0.4, 0.5) is 4.79 Å². The zero-order valence-electron chi connectivity index (χ0n) is 14.6.